The van der Waals surface area contributed by atoms with Crippen LogP contribution in [-0.4, -0.2) is 62.0 Å². The Kier molecular flexibility index (Phi) is 5.26. The molecule has 1 aromatic rings. The van der Waals surface area contributed by atoms with Gasteiger partial charge in [-0.05, 0) is 25.5 Å². The summed E-state index contributed by atoms with van der Waals surface area (Å²) in [6, 6.07) is 7.61. The summed E-state index contributed by atoms with van der Waals surface area (Å²) in [5, 5.41) is 9.69. The van der Waals surface area contributed by atoms with Gasteiger partial charge in [-0.2, -0.15) is 0 Å². The fourth-order valence-corrected chi connectivity index (χ4v) is 3.70. The average Bonchev–Trinajstić information content (AvgIpc) is 2.96. The summed E-state index contributed by atoms with van der Waals surface area (Å²) in [5.41, 5.74) is -0.651. The Morgan fingerprint density at radius 2 is 2.12 bits per heavy atom. The Balaban J connectivity index is 1.56. The van der Waals surface area contributed by atoms with E-state index >= 15 is 0 Å². The molecule has 2 saturated heterocycles. The Morgan fingerprint density at radius 1 is 1.38 bits per heavy atom. The van der Waals surface area contributed by atoms with Crippen LogP contribution < -0.4 is 9.47 Å². The van der Waals surface area contributed by atoms with Crippen LogP contribution in [-0.2, 0) is 9.53 Å². The Hall–Kier alpha value is -1.79. The standard InChI is InChI=1S/C18H25NO5/c1-2-23-15-5-3-4-6-16(15)24-10-8-19-11-14-12-22-9-7-18(14,13-19)17(20)21/h3-6,14H,2,7-13H2,1H3,(H,20,21)/t14-,18+/m1/s1. The van der Waals surface area contributed by atoms with Crippen molar-refractivity contribution >= 4 is 5.97 Å². The lowest BCUT2D eigenvalue weighted by atomic mass is 9.74. The summed E-state index contributed by atoms with van der Waals surface area (Å²) in [5.74, 6) is 0.845. The number of benzene rings is 1. The molecule has 0 amide bonds. The first-order chi connectivity index (χ1) is 11.7. The number of aliphatic carboxylic acids is 1. The number of nitrogens with zero attached hydrogens (tertiary/aromatic N) is 1. The van der Waals surface area contributed by atoms with Crippen molar-refractivity contribution in [3.63, 3.8) is 0 Å². The van der Waals surface area contributed by atoms with E-state index in [9.17, 15) is 9.90 Å². The first kappa shape index (κ1) is 17.0. The van der Waals surface area contributed by atoms with Gasteiger partial charge < -0.3 is 19.3 Å². The van der Waals surface area contributed by atoms with Crippen LogP contribution in [0.2, 0.25) is 0 Å². The van der Waals surface area contributed by atoms with Gasteiger partial charge in [0.05, 0.1) is 18.6 Å². The van der Waals surface area contributed by atoms with Gasteiger partial charge in [0.1, 0.15) is 6.61 Å². The molecule has 1 aromatic carbocycles. The van der Waals surface area contributed by atoms with Gasteiger partial charge in [-0.3, -0.25) is 9.69 Å². The molecule has 2 fully saturated rings. The number of hydrogen-bond donors (Lipinski definition) is 1. The predicted molar refractivity (Wildman–Crippen MR) is 88.5 cm³/mol. The van der Waals surface area contributed by atoms with Gasteiger partial charge in [0.2, 0.25) is 0 Å². The third-order valence-electron chi connectivity index (χ3n) is 5.02. The van der Waals surface area contributed by atoms with Crippen LogP contribution in [0.25, 0.3) is 0 Å². The third kappa shape index (κ3) is 3.35. The molecule has 0 bridgehead atoms. The van der Waals surface area contributed by atoms with Gasteiger partial charge in [-0.15, -0.1) is 0 Å². The maximum absolute atomic E-state index is 11.8. The number of carbonyl (C=O) groups is 1. The Morgan fingerprint density at radius 3 is 2.79 bits per heavy atom. The summed E-state index contributed by atoms with van der Waals surface area (Å²) in [6.07, 6.45) is 0.595. The zero-order valence-corrected chi connectivity index (χ0v) is 14.1. The minimum atomic E-state index is -0.694. The SMILES string of the molecule is CCOc1ccccc1OCCN1C[C@@H]2COCC[C@]2(C(=O)O)C1. The first-order valence-electron chi connectivity index (χ1n) is 8.54. The molecule has 0 spiro atoms. The highest BCUT2D eigenvalue weighted by molar-refractivity contribution is 5.76. The molecule has 2 atom stereocenters. The molecule has 0 unspecified atom stereocenters. The summed E-state index contributed by atoms with van der Waals surface area (Å²) in [4.78, 5) is 14.0. The number of carboxylic acids is 1. The van der Waals surface area contributed by atoms with Crippen LogP contribution in [0.4, 0.5) is 0 Å². The number of carboxylic acid groups (broad SMARTS) is 1. The number of ether oxygens (including phenoxy) is 3. The molecule has 0 radical (unpaired) electrons. The highest BCUT2D eigenvalue weighted by Crippen LogP contribution is 2.42. The van der Waals surface area contributed by atoms with Gasteiger partial charge in [-0.25, -0.2) is 0 Å². The second-order valence-corrected chi connectivity index (χ2v) is 6.45. The molecule has 24 heavy (non-hydrogen) atoms. The fraction of sp³-hybridized carbons (Fsp3) is 0.611. The Bertz CT molecular complexity index is 578. The quantitative estimate of drug-likeness (QED) is 0.821. The van der Waals surface area contributed by atoms with E-state index in [0.717, 1.165) is 18.0 Å². The van der Waals surface area contributed by atoms with Gasteiger partial charge in [0, 0.05) is 32.2 Å². The molecule has 2 heterocycles. The van der Waals surface area contributed by atoms with E-state index in [2.05, 4.69) is 4.90 Å². The van der Waals surface area contributed by atoms with E-state index in [-0.39, 0.29) is 5.92 Å². The van der Waals surface area contributed by atoms with E-state index in [1.54, 1.807) is 0 Å². The summed E-state index contributed by atoms with van der Waals surface area (Å²) < 4.78 is 16.9. The smallest absolute Gasteiger partial charge is 0.311 e. The van der Waals surface area contributed by atoms with E-state index in [1.807, 2.05) is 31.2 Å². The van der Waals surface area contributed by atoms with Crippen molar-refractivity contribution in [3.05, 3.63) is 24.3 Å². The van der Waals surface area contributed by atoms with Crippen LogP contribution in [0.15, 0.2) is 24.3 Å². The first-order valence-corrected chi connectivity index (χ1v) is 8.54. The molecule has 0 aliphatic carbocycles. The number of fused-ring (bicyclic) bond motifs is 1. The molecule has 0 saturated carbocycles. The van der Waals surface area contributed by atoms with E-state index in [4.69, 9.17) is 14.2 Å². The maximum atomic E-state index is 11.8. The normalized spacial score (nSPS) is 26.8. The molecular formula is C18H25NO5. The van der Waals surface area contributed by atoms with E-state index < -0.39 is 11.4 Å². The maximum Gasteiger partial charge on any atom is 0.311 e. The number of likely N-dealkylation sites (tertiary alicyclic amines) is 1. The van der Waals surface area contributed by atoms with E-state index in [1.165, 1.54) is 0 Å². The van der Waals surface area contributed by atoms with Crippen LogP contribution >= 0.6 is 0 Å². The van der Waals surface area contributed by atoms with Crippen molar-refractivity contribution in [3.8, 4) is 11.5 Å². The Labute approximate surface area is 142 Å². The van der Waals surface area contributed by atoms with Crippen molar-refractivity contribution in [1.29, 1.82) is 0 Å². The lowest BCUT2D eigenvalue weighted by Gasteiger charge is -2.34. The minimum absolute atomic E-state index is 0.0689. The second-order valence-electron chi connectivity index (χ2n) is 6.45. The van der Waals surface area contributed by atoms with Gasteiger partial charge in [0.15, 0.2) is 11.5 Å². The van der Waals surface area contributed by atoms with Gasteiger partial charge in [0.25, 0.3) is 0 Å². The number of para-hydroxylation sites is 2. The molecular weight excluding hydrogens is 310 g/mol. The number of hydrogen-bond acceptors (Lipinski definition) is 5. The van der Waals surface area contributed by atoms with Crippen molar-refractivity contribution in [2.75, 3.05) is 46.1 Å². The fourth-order valence-electron chi connectivity index (χ4n) is 3.70. The van der Waals surface area contributed by atoms with E-state index in [0.29, 0.717) is 45.9 Å². The van der Waals surface area contributed by atoms with Crippen molar-refractivity contribution < 1.29 is 24.1 Å². The van der Waals surface area contributed by atoms with Crippen molar-refractivity contribution in [1.82, 2.24) is 4.90 Å². The monoisotopic (exact) mass is 335 g/mol. The topological polar surface area (TPSA) is 68.2 Å². The zero-order valence-electron chi connectivity index (χ0n) is 14.1. The molecule has 2 aliphatic rings. The lowest BCUT2D eigenvalue weighted by molar-refractivity contribution is -0.157. The van der Waals surface area contributed by atoms with Crippen molar-refractivity contribution in [2.45, 2.75) is 13.3 Å². The number of rotatable bonds is 7. The van der Waals surface area contributed by atoms with Crippen LogP contribution in [0.1, 0.15) is 13.3 Å². The van der Waals surface area contributed by atoms with Gasteiger partial charge in [-0.1, -0.05) is 12.1 Å². The van der Waals surface area contributed by atoms with Gasteiger partial charge >= 0.3 is 5.97 Å². The summed E-state index contributed by atoms with van der Waals surface area (Å²) in [7, 11) is 0. The molecule has 2 aliphatic heterocycles. The minimum Gasteiger partial charge on any atom is -0.490 e. The summed E-state index contributed by atoms with van der Waals surface area (Å²) in [6.45, 7) is 6.14. The highest BCUT2D eigenvalue weighted by atomic mass is 16.5. The third-order valence-corrected chi connectivity index (χ3v) is 5.02. The van der Waals surface area contributed by atoms with Crippen LogP contribution in [0.5, 0.6) is 11.5 Å². The van der Waals surface area contributed by atoms with Crippen molar-refractivity contribution in [2.24, 2.45) is 11.3 Å². The lowest BCUT2D eigenvalue weighted by Crippen LogP contribution is -2.44. The molecule has 3 rings (SSSR count). The zero-order chi connectivity index (χ0) is 17.0. The highest BCUT2D eigenvalue weighted by Gasteiger charge is 2.53. The van der Waals surface area contributed by atoms with Crippen LogP contribution in [0.3, 0.4) is 0 Å². The predicted octanol–water partition coefficient (Wildman–Crippen LogP) is 1.89. The molecule has 1 N–H and O–H groups in total. The second kappa shape index (κ2) is 7.40. The molecule has 6 nitrogen and oxygen atoms in total. The summed E-state index contributed by atoms with van der Waals surface area (Å²) >= 11 is 0. The molecule has 0 aromatic heterocycles. The molecule has 6 heteroatoms. The average molecular weight is 335 g/mol. The van der Waals surface area contributed by atoms with Crippen LogP contribution in [0, 0.1) is 11.3 Å². The largest absolute Gasteiger partial charge is 0.490 e. The molecule has 132 valence electrons.